The first-order valence-corrected chi connectivity index (χ1v) is 5.09. The van der Waals surface area contributed by atoms with Crippen LogP contribution in [0.4, 0.5) is 0 Å². The van der Waals surface area contributed by atoms with E-state index in [4.69, 9.17) is 4.74 Å². The zero-order valence-electron chi connectivity index (χ0n) is 9.33. The second kappa shape index (κ2) is 4.82. The third-order valence-electron chi connectivity index (χ3n) is 2.24. The fourth-order valence-corrected chi connectivity index (χ4v) is 1.45. The van der Waals surface area contributed by atoms with Crippen molar-refractivity contribution in [3.8, 4) is 11.5 Å². The van der Waals surface area contributed by atoms with Crippen LogP contribution in [0.25, 0.3) is 0 Å². The van der Waals surface area contributed by atoms with Crippen LogP contribution >= 0.6 is 0 Å². The summed E-state index contributed by atoms with van der Waals surface area (Å²) in [5, 5.41) is 9.63. The summed E-state index contributed by atoms with van der Waals surface area (Å²) in [5.41, 5.74) is 1.30. The molecule has 0 fully saturated rings. The second-order valence-electron chi connectivity index (χ2n) is 3.32. The van der Waals surface area contributed by atoms with Gasteiger partial charge in [0.1, 0.15) is 11.5 Å². The van der Waals surface area contributed by atoms with Crippen molar-refractivity contribution in [1.82, 2.24) is 0 Å². The molecule has 0 atom stereocenters. The van der Waals surface area contributed by atoms with E-state index in [1.54, 1.807) is 6.07 Å². The molecule has 3 heteroatoms. The molecule has 0 bridgehead atoms. The van der Waals surface area contributed by atoms with Crippen LogP contribution in [-0.4, -0.2) is 17.5 Å². The van der Waals surface area contributed by atoms with Gasteiger partial charge in [0.25, 0.3) is 0 Å². The van der Waals surface area contributed by atoms with Gasteiger partial charge in [-0.05, 0) is 31.9 Å². The molecule has 0 aliphatic heterocycles. The minimum absolute atomic E-state index is 0.0480. The quantitative estimate of drug-likeness (QED) is 0.773. The molecule has 0 heterocycles. The average Bonchev–Trinajstić information content (AvgIpc) is 2.18. The number of aryl methyl sites for hydroxylation is 1. The van der Waals surface area contributed by atoms with Gasteiger partial charge in [0.15, 0.2) is 5.78 Å². The lowest BCUT2D eigenvalue weighted by molar-refractivity contribution is 0.101. The van der Waals surface area contributed by atoms with Gasteiger partial charge in [-0.2, -0.15) is 0 Å². The Balaban J connectivity index is 3.25. The van der Waals surface area contributed by atoms with E-state index in [1.165, 1.54) is 13.0 Å². The van der Waals surface area contributed by atoms with Gasteiger partial charge in [-0.25, -0.2) is 0 Å². The molecule has 0 saturated carbocycles. The highest BCUT2D eigenvalue weighted by Gasteiger charge is 2.12. The van der Waals surface area contributed by atoms with Crippen molar-refractivity contribution < 1.29 is 14.6 Å². The van der Waals surface area contributed by atoms with E-state index in [1.807, 2.05) is 13.8 Å². The van der Waals surface area contributed by atoms with Crippen molar-refractivity contribution in [2.45, 2.75) is 27.2 Å². The molecular weight excluding hydrogens is 192 g/mol. The summed E-state index contributed by atoms with van der Waals surface area (Å²) < 4.78 is 5.30. The standard InChI is InChI=1S/C12H16O3/c1-4-9-6-10(8(3)13)12(15-5-2)7-11(9)14/h6-7,14H,4-5H2,1-3H3. The minimum atomic E-state index is -0.0480. The monoisotopic (exact) mass is 208 g/mol. The Bertz CT molecular complexity index is 369. The number of benzene rings is 1. The van der Waals surface area contributed by atoms with E-state index in [9.17, 15) is 9.90 Å². The van der Waals surface area contributed by atoms with Crippen LogP contribution in [0.2, 0.25) is 0 Å². The number of phenolic OH excluding ortho intramolecular Hbond substituents is 1. The van der Waals surface area contributed by atoms with Gasteiger partial charge in [-0.1, -0.05) is 6.92 Å². The van der Waals surface area contributed by atoms with Gasteiger partial charge in [0.2, 0.25) is 0 Å². The molecule has 1 aromatic carbocycles. The maximum Gasteiger partial charge on any atom is 0.163 e. The van der Waals surface area contributed by atoms with E-state index in [2.05, 4.69) is 0 Å². The van der Waals surface area contributed by atoms with Crippen molar-refractivity contribution in [3.63, 3.8) is 0 Å². The van der Waals surface area contributed by atoms with E-state index < -0.39 is 0 Å². The Morgan fingerprint density at radius 1 is 1.40 bits per heavy atom. The van der Waals surface area contributed by atoms with Gasteiger partial charge < -0.3 is 9.84 Å². The van der Waals surface area contributed by atoms with Crippen LogP contribution in [0.5, 0.6) is 11.5 Å². The number of carbonyl (C=O) groups excluding carboxylic acids is 1. The number of ketones is 1. The van der Waals surface area contributed by atoms with Crippen LogP contribution in [0.15, 0.2) is 12.1 Å². The summed E-state index contributed by atoms with van der Waals surface area (Å²) in [6, 6.07) is 3.21. The van der Waals surface area contributed by atoms with Crippen molar-refractivity contribution in [2.75, 3.05) is 6.61 Å². The first-order chi connectivity index (χ1) is 7.10. The molecular formula is C12H16O3. The number of hydrogen-bond donors (Lipinski definition) is 1. The summed E-state index contributed by atoms with van der Waals surface area (Å²) in [4.78, 5) is 11.4. The van der Waals surface area contributed by atoms with E-state index in [0.29, 0.717) is 24.3 Å². The van der Waals surface area contributed by atoms with Crippen LogP contribution < -0.4 is 4.74 Å². The zero-order chi connectivity index (χ0) is 11.4. The Morgan fingerprint density at radius 2 is 2.07 bits per heavy atom. The molecule has 1 aromatic rings. The molecule has 15 heavy (non-hydrogen) atoms. The molecule has 0 aliphatic carbocycles. The smallest absolute Gasteiger partial charge is 0.163 e. The maximum atomic E-state index is 11.4. The summed E-state index contributed by atoms with van der Waals surface area (Å²) in [6.45, 7) is 5.74. The van der Waals surface area contributed by atoms with Crippen LogP contribution in [0.1, 0.15) is 36.7 Å². The molecule has 0 saturated heterocycles. The third-order valence-corrected chi connectivity index (χ3v) is 2.24. The maximum absolute atomic E-state index is 11.4. The highest BCUT2D eigenvalue weighted by atomic mass is 16.5. The Hall–Kier alpha value is -1.51. The zero-order valence-corrected chi connectivity index (χ0v) is 9.33. The van der Waals surface area contributed by atoms with Crippen molar-refractivity contribution in [3.05, 3.63) is 23.3 Å². The van der Waals surface area contributed by atoms with E-state index in [-0.39, 0.29) is 11.5 Å². The van der Waals surface area contributed by atoms with Gasteiger partial charge in [-0.3, -0.25) is 4.79 Å². The highest BCUT2D eigenvalue weighted by molar-refractivity contribution is 5.97. The summed E-state index contributed by atoms with van der Waals surface area (Å²) >= 11 is 0. The molecule has 82 valence electrons. The Labute approximate surface area is 89.7 Å². The Kier molecular flexibility index (Phi) is 3.72. The molecule has 0 aromatic heterocycles. The van der Waals surface area contributed by atoms with Gasteiger partial charge in [-0.15, -0.1) is 0 Å². The number of aromatic hydroxyl groups is 1. The number of hydrogen-bond acceptors (Lipinski definition) is 3. The SMILES string of the molecule is CCOc1cc(O)c(CC)cc1C(C)=O. The molecule has 0 spiro atoms. The third kappa shape index (κ3) is 2.49. The minimum Gasteiger partial charge on any atom is -0.508 e. The number of carbonyl (C=O) groups is 1. The number of ether oxygens (including phenoxy) is 1. The predicted molar refractivity (Wildman–Crippen MR) is 58.7 cm³/mol. The van der Waals surface area contributed by atoms with Crippen LogP contribution in [0, 0.1) is 0 Å². The molecule has 3 nitrogen and oxygen atoms in total. The topological polar surface area (TPSA) is 46.5 Å². The molecule has 1 rings (SSSR count). The highest BCUT2D eigenvalue weighted by Crippen LogP contribution is 2.29. The van der Waals surface area contributed by atoms with Gasteiger partial charge in [0, 0.05) is 6.07 Å². The number of rotatable bonds is 4. The first-order valence-electron chi connectivity index (χ1n) is 5.09. The van der Waals surface area contributed by atoms with Crippen LogP contribution in [-0.2, 0) is 6.42 Å². The summed E-state index contributed by atoms with van der Waals surface area (Å²) in [6.07, 6.45) is 0.693. The fourth-order valence-electron chi connectivity index (χ4n) is 1.45. The fraction of sp³-hybridized carbons (Fsp3) is 0.417. The lowest BCUT2D eigenvalue weighted by atomic mass is 10.0. The average molecular weight is 208 g/mol. The number of phenols is 1. The van der Waals surface area contributed by atoms with Crippen molar-refractivity contribution >= 4 is 5.78 Å². The van der Waals surface area contributed by atoms with Crippen LogP contribution in [0.3, 0.4) is 0 Å². The molecule has 0 amide bonds. The normalized spacial score (nSPS) is 10.1. The molecule has 0 radical (unpaired) electrons. The summed E-state index contributed by atoms with van der Waals surface area (Å²) in [7, 11) is 0. The Morgan fingerprint density at radius 3 is 2.53 bits per heavy atom. The largest absolute Gasteiger partial charge is 0.508 e. The molecule has 0 aliphatic rings. The van der Waals surface area contributed by atoms with E-state index in [0.717, 1.165) is 5.56 Å². The molecule has 1 N–H and O–H groups in total. The van der Waals surface area contributed by atoms with Crippen molar-refractivity contribution in [1.29, 1.82) is 0 Å². The molecule has 0 unspecified atom stereocenters. The van der Waals surface area contributed by atoms with Gasteiger partial charge >= 0.3 is 0 Å². The van der Waals surface area contributed by atoms with E-state index >= 15 is 0 Å². The second-order valence-corrected chi connectivity index (χ2v) is 3.32. The lowest BCUT2D eigenvalue weighted by Gasteiger charge is -2.11. The first kappa shape index (κ1) is 11.6. The van der Waals surface area contributed by atoms with Crippen molar-refractivity contribution in [2.24, 2.45) is 0 Å². The summed E-state index contributed by atoms with van der Waals surface area (Å²) in [5.74, 6) is 0.596. The van der Waals surface area contributed by atoms with Gasteiger partial charge in [0.05, 0.1) is 12.2 Å². The lowest BCUT2D eigenvalue weighted by Crippen LogP contribution is -2.02. The predicted octanol–water partition coefficient (Wildman–Crippen LogP) is 2.56. The number of Topliss-reactive ketones (excluding diaryl/α,β-unsaturated/α-hetero) is 1.